The van der Waals surface area contributed by atoms with Crippen molar-refractivity contribution in [1.82, 2.24) is 34.4 Å². The van der Waals surface area contributed by atoms with Gasteiger partial charge in [0, 0.05) is 43.2 Å². The second-order valence-corrected chi connectivity index (χ2v) is 11.3. The summed E-state index contributed by atoms with van der Waals surface area (Å²) in [5.41, 5.74) is 6.77. The van der Waals surface area contributed by atoms with E-state index in [1.807, 2.05) is 23.8 Å². The quantitative estimate of drug-likeness (QED) is 0.389. The third kappa shape index (κ3) is 5.51. The Morgan fingerprint density at radius 2 is 1.67 bits per heavy atom. The summed E-state index contributed by atoms with van der Waals surface area (Å²) in [6.45, 7) is 11.5. The van der Waals surface area contributed by atoms with Crippen molar-refractivity contribution in [3.63, 3.8) is 0 Å². The van der Waals surface area contributed by atoms with Crippen molar-refractivity contribution in [1.29, 1.82) is 0 Å². The van der Waals surface area contributed by atoms with Gasteiger partial charge in [-0.25, -0.2) is 14.5 Å². The van der Waals surface area contributed by atoms with Crippen LogP contribution in [0.1, 0.15) is 47.6 Å². The molecule has 0 unspecified atom stereocenters. The predicted molar refractivity (Wildman–Crippen MR) is 152 cm³/mol. The van der Waals surface area contributed by atoms with E-state index in [-0.39, 0.29) is 0 Å². The van der Waals surface area contributed by atoms with Crippen molar-refractivity contribution in [2.75, 3.05) is 37.7 Å². The maximum absolute atomic E-state index is 9.36. The highest BCUT2D eigenvalue weighted by Gasteiger charge is 2.26. The van der Waals surface area contributed by atoms with Crippen LogP contribution in [0.4, 0.5) is 5.82 Å². The summed E-state index contributed by atoms with van der Waals surface area (Å²) < 4.78 is 1.88. The van der Waals surface area contributed by atoms with E-state index >= 15 is 0 Å². The first-order valence-electron chi connectivity index (χ1n) is 14.2. The van der Waals surface area contributed by atoms with E-state index in [9.17, 15) is 5.11 Å². The minimum absolute atomic E-state index is 0.318. The Hall–Kier alpha value is -3.43. The fourth-order valence-electron chi connectivity index (χ4n) is 6.10. The van der Waals surface area contributed by atoms with Crippen LogP contribution in [0.25, 0.3) is 17.0 Å². The maximum atomic E-state index is 9.36. The van der Waals surface area contributed by atoms with Gasteiger partial charge in [-0.15, -0.1) is 0 Å². The molecule has 1 aromatic carbocycles. The van der Waals surface area contributed by atoms with Crippen molar-refractivity contribution in [3.8, 4) is 11.3 Å². The highest BCUT2D eigenvalue weighted by molar-refractivity contribution is 5.59. The SMILES string of the molecule is Cc1nc2nc(C)c(C[C@@H]3CCN(c4cnc(-c5ccc(CN6CCC(CO)CC6)cc5)cn4)C3)c(C)n2n1. The zero-order valence-electron chi connectivity index (χ0n) is 23.2. The van der Waals surface area contributed by atoms with E-state index in [0.29, 0.717) is 24.2 Å². The number of benzene rings is 1. The molecule has 9 heteroatoms. The summed E-state index contributed by atoms with van der Waals surface area (Å²) in [6, 6.07) is 8.70. The van der Waals surface area contributed by atoms with E-state index < -0.39 is 0 Å². The molecule has 39 heavy (non-hydrogen) atoms. The van der Waals surface area contributed by atoms with Gasteiger partial charge < -0.3 is 10.0 Å². The number of fused-ring (bicyclic) bond motifs is 1. The molecule has 204 valence electrons. The summed E-state index contributed by atoms with van der Waals surface area (Å²) in [5.74, 6) is 3.39. The van der Waals surface area contributed by atoms with Gasteiger partial charge in [0.15, 0.2) is 0 Å². The molecule has 5 heterocycles. The molecule has 0 saturated carbocycles. The number of aliphatic hydroxyl groups excluding tert-OH is 1. The number of rotatable bonds is 7. The highest BCUT2D eigenvalue weighted by atomic mass is 16.3. The number of aliphatic hydroxyl groups is 1. The Labute approximate surface area is 230 Å². The molecule has 1 N–H and O–H groups in total. The monoisotopic (exact) mass is 526 g/mol. The molecule has 0 spiro atoms. The van der Waals surface area contributed by atoms with Gasteiger partial charge in [0.1, 0.15) is 11.6 Å². The summed E-state index contributed by atoms with van der Waals surface area (Å²) in [5, 5.41) is 13.9. The van der Waals surface area contributed by atoms with Gasteiger partial charge in [-0.3, -0.25) is 9.88 Å². The lowest BCUT2D eigenvalue weighted by atomic mass is 9.96. The van der Waals surface area contributed by atoms with Crippen LogP contribution in [0, 0.1) is 32.6 Å². The van der Waals surface area contributed by atoms with Crippen LogP contribution >= 0.6 is 0 Å². The fourth-order valence-corrected chi connectivity index (χ4v) is 6.10. The van der Waals surface area contributed by atoms with Crippen LogP contribution in [0.5, 0.6) is 0 Å². The average Bonchev–Trinajstić information content (AvgIpc) is 3.58. The third-order valence-corrected chi connectivity index (χ3v) is 8.52. The Morgan fingerprint density at radius 1 is 0.897 bits per heavy atom. The number of hydrogen-bond donors (Lipinski definition) is 1. The van der Waals surface area contributed by atoms with Crippen LogP contribution in [0.15, 0.2) is 36.7 Å². The molecule has 0 bridgehead atoms. The minimum atomic E-state index is 0.318. The maximum Gasteiger partial charge on any atom is 0.252 e. The van der Waals surface area contributed by atoms with Gasteiger partial charge in [0.05, 0.1) is 18.1 Å². The second-order valence-electron chi connectivity index (χ2n) is 11.3. The number of aromatic nitrogens is 6. The molecule has 2 aliphatic rings. The largest absolute Gasteiger partial charge is 0.396 e. The first kappa shape index (κ1) is 25.8. The molecule has 1 atom stereocenters. The van der Waals surface area contributed by atoms with Crippen molar-refractivity contribution >= 4 is 11.6 Å². The molecule has 2 saturated heterocycles. The molecule has 4 aromatic rings. The van der Waals surface area contributed by atoms with Crippen LogP contribution in [-0.2, 0) is 13.0 Å². The van der Waals surface area contributed by atoms with Gasteiger partial charge in [0.2, 0.25) is 0 Å². The molecule has 2 aliphatic heterocycles. The smallest absolute Gasteiger partial charge is 0.252 e. The van der Waals surface area contributed by atoms with Gasteiger partial charge >= 0.3 is 0 Å². The van der Waals surface area contributed by atoms with Gasteiger partial charge in [-0.2, -0.15) is 10.1 Å². The van der Waals surface area contributed by atoms with E-state index in [1.165, 1.54) is 11.1 Å². The van der Waals surface area contributed by atoms with Crippen LogP contribution in [0.2, 0.25) is 0 Å². The van der Waals surface area contributed by atoms with Crippen LogP contribution < -0.4 is 4.90 Å². The average molecular weight is 527 g/mol. The fraction of sp³-hybridized carbons (Fsp3) is 0.500. The molecule has 2 fully saturated rings. The minimum Gasteiger partial charge on any atom is -0.396 e. The normalized spacial score (nSPS) is 18.9. The number of anilines is 1. The number of piperidine rings is 1. The van der Waals surface area contributed by atoms with E-state index in [1.54, 1.807) is 0 Å². The third-order valence-electron chi connectivity index (χ3n) is 8.52. The lowest BCUT2D eigenvalue weighted by Gasteiger charge is -2.31. The molecule has 0 aliphatic carbocycles. The summed E-state index contributed by atoms with van der Waals surface area (Å²) in [4.78, 5) is 23.5. The summed E-state index contributed by atoms with van der Waals surface area (Å²) in [6.07, 6.45) is 8.09. The second kappa shape index (κ2) is 11.0. The van der Waals surface area contributed by atoms with E-state index in [0.717, 1.165) is 92.7 Å². The topological polar surface area (TPSA) is 95.6 Å². The molecule has 0 amide bonds. The van der Waals surface area contributed by atoms with Crippen molar-refractivity contribution in [2.24, 2.45) is 11.8 Å². The van der Waals surface area contributed by atoms with Crippen molar-refractivity contribution < 1.29 is 5.11 Å². The summed E-state index contributed by atoms with van der Waals surface area (Å²) in [7, 11) is 0. The molecular formula is C30H38N8O. The first-order chi connectivity index (χ1) is 19.0. The molecule has 6 rings (SSSR count). The van der Waals surface area contributed by atoms with Gasteiger partial charge in [-0.1, -0.05) is 24.3 Å². The Kier molecular flexibility index (Phi) is 7.27. The van der Waals surface area contributed by atoms with Crippen molar-refractivity contribution in [3.05, 3.63) is 65.0 Å². The first-order valence-corrected chi connectivity index (χ1v) is 14.2. The predicted octanol–water partition coefficient (Wildman–Crippen LogP) is 3.78. The standard InChI is InChI=1S/C30H38N8O/c1-20-27(21(2)38-30(33-20)34-22(3)35-38)14-25-10-13-37(18-25)29-16-31-28(15-32-29)26-6-4-23(5-7-26)17-36-11-8-24(19-39)9-12-36/h4-7,15-16,24-25,39H,8-14,17-19H2,1-3H3/t25-/m0/s1. The van der Waals surface area contributed by atoms with Crippen LogP contribution in [-0.4, -0.2) is 72.3 Å². The van der Waals surface area contributed by atoms with Crippen LogP contribution in [0.3, 0.4) is 0 Å². The lowest BCUT2D eigenvalue weighted by molar-refractivity contribution is 0.127. The Bertz CT molecular complexity index is 1420. The molecular weight excluding hydrogens is 488 g/mol. The van der Waals surface area contributed by atoms with Gasteiger partial charge in [-0.05, 0) is 82.5 Å². The zero-order valence-corrected chi connectivity index (χ0v) is 23.2. The molecule has 9 nitrogen and oxygen atoms in total. The van der Waals surface area contributed by atoms with E-state index in [2.05, 4.69) is 58.0 Å². The van der Waals surface area contributed by atoms with Crippen molar-refractivity contribution in [2.45, 2.75) is 53.0 Å². The number of nitrogens with zero attached hydrogens (tertiary/aromatic N) is 8. The number of aryl methyl sites for hydroxylation is 3. The lowest BCUT2D eigenvalue weighted by Crippen LogP contribution is -2.34. The number of likely N-dealkylation sites (tertiary alicyclic amines) is 1. The molecule has 0 radical (unpaired) electrons. The van der Waals surface area contributed by atoms with Gasteiger partial charge in [0.25, 0.3) is 5.78 Å². The summed E-state index contributed by atoms with van der Waals surface area (Å²) >= 11 is 0. The Balaban J connectivity index is 1.06. The molecule has 3 aromatic heterocycles. The highest BCUT2D eigenvalue weighted by Crippen LogP contribution is 2.28. The number of hydrogen-bond acceptors (Lipinski definition) is 8. The van der Waals surface area contributed by atoms with E-state index in [4.69, 9.17) is 15.0 Å². The zero-order chi connectivity index (χ0) is 26.9. The Morgan fingerprint density at radius 3 is 2.38 bits per heavy atom.